The fraction of sp³-hybridized carbons (Fsp3) is 0.452. The van der Waals surface area contributed by atoms with Gasteiger partial charge in [0.1, 0.15) is 24.0 Å². The maximum Gasteiger partial charge on any atom is 0.136 e. The molecule has 2 saturated heterocycles. The van der Waals surface area contributed by atoms with Crippen molar-refractivity contribution in [3.05, 3.63) is 60.7 Å². The van der Waals surface area contributed by atoms with Crippen molar-refractivity contribution in [2.45, 2.75) is 27.7 Å². The van der Waals surface area contributed by atoms with E-state index in [-0.39, 0.29) is 0 Å². The van der Waals surface area contributed by atoms with E-state index in [4.69, 9.17) is 24.9 Å². The number of rotatable bonds is 8. The van der Waals surface area contributed by atoms with Gasteiger partial charge in [0.25, 0.3) is 0 Å². The Kier molecular flexibility index (Phi) is 12.9. The first kappa shape index (κ1) is 30.2. The van der Waals surface area contributed by atoms with Gasteiger partial charge in [-0.05, 0) is 23.8 Å². The number of anilines is 4. The molecule has 0 saturated carbocycles. The zero-order valence-corrected chi connectivity index (χ0v) is 24.0. The monoisotopic (exact) mass is 535 g/mol. The van der Waals surface area contributed by atoms with Gasteiger partial charge in [-0.1, -0.05) is 58.0 Å². The molecule has 0 aliphatic carbocycles. The minimum atomic E-state index is 0.617. The predicted octanol–water partition coefficient (Wildman–Crippen LogP) is 5.67. The highest BCUT2D eigenvalue weighted by molar-refractivity contribution is 5.80. The molecule has 3 N–H and O–H groups in total. The van der Waals surface area contributed by atoms with Crippen LogP contribution in [0, 0.1) is 0 Å². The Morgan fingerprint density at radius 3 is 2.21 bits per heavy atom. The highest BCUT2D eigenvalue weighted by Gasteiger charge is 2.16. The first-order valence-corrected chi connectivity index (χ1v) is 14.2. The van der Waals surface area contributed by atoms with Gasteiger partial charge in [0.2, 0.25) is 0 Å². The molecule has 8 heteroatoms. The number of ether oxygens (including phenoxy) is 3. The lowest BCUT2D eigenvalue weighted by Crippen LogP contribution is -2.38. The second kappa shape index (κ2) is 16.6. The van der Waals surface area contributed by atoms with Crippen LogP contribution in [0.2, 0.25) is 0 Å². The van der Waals surface area contributed by atoms with Crippen molar-refractivity contribution >= 4 is 23.0 Å². The molecule has 1 aromatic heterocycles. The predicted molar refractivity (Wildman–Crippen MR) is 162 cm³/mol. The van der Waals surface area contributed by atoms with E-state index in [1.807, 2.05) is 70.2 Å². The molecule has 39 heavy (non-hydrogen) atoms. The number of nitrogens with two attached hydrogens (primary N) is 1. The molecule has 8 nitrogen and oxygen atoms in total. The van der Waals surface area contributed by atoms with E-state index < -0.39 is 0 Å². The van der Waals surface area contributed by atoms with E-state index in [9.17, 15) is 0 Å². The number of benzene rings is 2. The molecule has 3 heterocycles. The van der Waals surface area contributed by atoms with E-state index in [1.165, 1.54) is 0 Å². The van der Waals surface area contributed by atoms with Crippen LogP contribution in [0.1, 0.15) is 27.7 Å². The van der Waals surface area contributed by atoms with E-state index >= 15 is 0 Å². The fourth-order valence-corrected chi connectivity index (χ4v) is 4.36. The van der Waals surface area contributed by atoms with Gasteiger partial charge in [0, 0.05) is 61.8 Å². The summed E-state index contributed by atoms with van der Waals surface area (Å²) in [5.74, 6) is 2.42. The molecule has 0 bridgehead atoms. The van der Waals surface area contributed by atoms with Gasteiger partial charge in [-0.25, -0.2) is 4.98 Å². The largest absolute Gasteiger partial charge is 0.492 e. The van der Waals surface area contributed by atoms with Gasteiger partial charge in [0.15, 0.2) is 0 Å². The van der Waals surface area contributed by atoms with Gasteiger partial charge < -0.3 is 30.2 Å². The standard InChI is InChI=1S/C27H33N5O3.2C2H6/c28-25-7-6-22(18-24(25)21-4-2-1-3-5-21)29-26-19-23(35-17-10-31-8-13-33-14-9-31)20-27(30-26)32-11-15-34-16-12-32;2*1-2/h1-7,18-20H,8-17,28H2,(H,29,30);2*1-2H3. The van der Waals surface area contributed by atoms with Gasteiger partial charge in [-0.2, -0.15) is 0 Å². The molecule has 0 amide bonds. The van der Waals surface area contributed by atoms with Gasteiger partial charge in [-0.3, -0.25) is 4.90 Å². The third-order valence-electron chi connectivity index (χ3n) is 6.31. The fourth-order valence-electron chi connectivity index (χ4n) is 4.36. The lowest BCUT2D eigenvalue weighted by atomic mass is 10.0. The second-order valence-electron chi connectivity index (χ2n) is 8.74. The molecular weight excluding hydrogens is 490 g/mol. The van der Waals surface area contributed by atoms with Crippen molar-refractivity contribution in [2.24, 2.45) is 0 Å². The molecule has 2 aliphatic rings. The zero-order chi connectivity index (χ0) is 27.9. The Morgan fingerprint density at radius 1 is 0.846 bits per heavy atom. The number of nitrogen functional groups attached to an aromatic ring is 1. The average molecular weight is 536 g/mol. The van der Waals surface area contributed by atoms with Crippen LogP contribution in [0.3, 0.4) is 0 Å². The topological polar surface area (TPSA) is 85.1 Å². The Labute approximate surface area is 234 Å². The van der Waals surface area contributed by atoms with Crippen molar-refractivity contribution in [1.82, 2.24) is 9.88 Å². The van der Waals surface area contributed by atoms with Gasteiger partial charge in [-0.15, -0.1) is 0 Å². The summed E-state index contributed by atoms with van der Waals surface area (Å²) in [6, 6.07) is 20.1. The molecule has 2 aromatic carbocycles. The van der Waals surface area contributed by atoms with Crippen LogP contribution in [0.5, 0.6) is 5.75 Å². The van der Waals surface area contributed by atoms with Crippen LogP contribution in [-0.2, 0) is 9.47 Å². The molecule has 0 spiro atoms. The van der Waals surface area contributed by atoms with Crippen LogP contribution in [0.25, 0.3) is 11.1 Å². The highest BCUT2D eigenvalue weighted by atomic mass is 16.5. The molecule has 5 rings (SSSR count). The molecule has 212 valence electrons. The first-order chi connectivity index (χ1) is 19.2. The van der Waals surface area contributed by atoms with E-state index in [0.717, 1.165) is 85.8 Å². The van der Waals surface area contributed by atoms with Crippen LogP contribution in [0.15, 0.2) is 60.7 Å². The second-order valence-corrected chi connectivity index (χ2v) is 8.74. The quantitative estimate of drug-likeness (QED) is 0.357. The van der Waals surface area contributed by atoms with Crippen LogP contribution in [-0.4, -0.2) is 75.6 Å². The normalized spacial score (nSPS) is 15.3. The molecular formula is C31H45N5O3. The lowest BCUT2D eigenvalue weighted by molar-refractivity contribution is 0.0322. The summed E-state index contributed by atoms with van der Waals surface area (Å²) in [6.07, 6.45) is 0. The summed E-state index contributed by atoms with van der Waals surface area (Å²) in [5.41, 5.74) is 10.0. The molecule has 3 aromatic rings. The number of nitrogens with zero attached hydrogens (tertiary/aromatic N) is 3. The van der Waals surface area contributed by atoms with Crippen molar-refractivity contribution in [1.29, 1.82) is 0 Å². The van der Waals surface area contributed by atoms with E-state index in [1.54, 1.807) is 0 Å². The molecule has 0 atom stereocenters. The van der Waals surface area contributed by atoms with Crippen molar-refractivity contribution < 1.29 is 14.2 Å². The summed E-state index contributed by atoms with van der Waals surface area (Å²) < 4.78 is 17.2. The number of aromatic nitrogens is 1. The minimum absolute atomic E-state index is 0.617. The number of hydrogen-bond donors (Lipinski definition) is 2. The van der Waals surface area contributed by atoms with Crippen LogP contribution < -0.4 is 20.7 Å². The summed E-state index contributed by atoms with van der Waals surface area (Å²) in [6.45, 7) is 16.0. The summed E-state index contributed by atoms with van der Waals surface area (Å²) in [4.78, 5) is 9.50. The lowest BCUT2D eigenvalue weighted by Gasteiger charge is -2.29. The SMILES string of the molecule is CC.CC.Nc1ccc(Nc2cc(OCCN3CCOCC3)cc(N3CCOCC3)n2)cc1-c1ccccc1. The number of morpholine rings is 2. The Balaban J connectivity index is 0.00000100. The van der Waals surface area contributed by atoms with E-state index in [2.05, 4.69) is 33.3 Å². The minimum Gasteiger partial charge on any atom is -0.492 e. The molecule has 0 unspecified atom stereocenters. The summed E-state index contributed by atoms with van der Waals surface area (Å²) in [5, 5.41) is 3.47. The summed E-state index contributed by atoms with van der Waals surface area (Å²) in [7, 11) is 0. The molecule has 2 aliphatic heterocycles. The average Bonchev–Trinajstić information content (AvgIpc) is 3.01. The van der Waals surface area contributed by atoms with Crippen molar-refractivity contribution in [2.75, 3.05) is 81.7 Å². The van der Waals surface area contributed by atoms with Crippen molar-refractivity contribution in [3.63, 3.8) is 0 Å². The smallest absolute Gasteiger partial charge is 0.136 e. The highest BCUT2D eigenvalue weighted by Crippen LogP contribution is 2.31. The number of nitrogens with one attached hydrogen (secondary N) is 1. The Morgan fingerprint density at radius 2 is 1.51 bits per heavy atom. The number of pyridine rings is 1. The summed E-state index contributed by atoms with van der Waals surface area (Å²) >= 11 is 0. The third kappa shape index (κ3) is 9.13. The molecule has 0 radical (unpaired) electrons. The Bertz CT molecular complexity index is 1100. The maximum atomic E-state index is 6.28. The number of hydrogen-bond acceptors (Lipinski definition) is 8. The Hall–Kier alpha value is -3.33. The maximum absolute atomic E-state index is 6.28. The van der Waals surface area contributed by atoms with Gasteiger partial charge in [0.05, 0.1) is 26.4 Å². The third-order valence-corrected chi connectivity index (χ3v) is 6.31. The van der Waals surface area contributed by atoms with E-state index in [0.29, 0.717) is 19.8 Å². The van der Waals surface area contributed by atoms with Gasteiger partial charge >= 0.3 is 0 Å². The first-order valence-electron chi connectivity index (χ1n) is 14.2. The molecule has 2 fully saturated rings. The zero-order valence-electron chi connectivity index (χ0n) is 24.0. The van der Waals surface area contributed by atoms with Crippen LogP contribution >= 0.6 is 0 Å². The van der Waals surface area contributed by atoms with Crippen molar-refractivity contribution in [3.8, 4) is 16.9 Å². The van der Waals surface area contributed by atoms with Crippen LogP contribution in [0.4, 0.5) is 23.0 Å².